The standard InChI is InChI=1S/C19H38O4Si/c1-10-11-15-12-13-16(20)19(21-7,23-15)18(5,6)14-22-24(8,9)17(2,3)4/h10,15-16,20H,1,11-14H2,2-9H3/t15?,16?,19-/m1/s1. The number of aliphatic hydroxyl groups excluding tert-OH is 1. The Labute approximate surface area is 149 Å². The minimum Gasteiger partial charge on any atom is -0.416 e. The van der Waals surface area contributed by atoms with Gasteiger partial charge < -0.3 is 19.0 Å². The van der Waals surface area contributed by atoms with Crippen LogP contribution in [0.3, 0.4) is 0 Å². The molecule has 1 aliphatic rings. The predicted molar refractivity (Wildman–Crippen MR) is 102 cm³/mol. The van der Waals surface area contributed by atoms with E-state index in [1.165, 1.54) is 0 Å². The quantitative estimate of drug-likeness (QED) is 0.538. The fourth-order valence-corrected chi connectivity index (χ4v) is 4.17. The molecule has 4 nitrogen and oxygen atoms in total. The highest BCUT2D eigenvalue weighted by atomic mass is 28.4. The second kappa shape index (κ2) is 7.58. The van der Waals surface area contributed by atoms with Crippen LogP contribution in [0.4, 0.5) is 0 Å². The van der Waals surface area contributed by atoms with E-state index in [1.54, 1.807) is 7.11 Å². The molecule has 0 spiro atoms. The van der Waals surface area contributed by atoms with Gasteiger partial charge in [-0.15, -0.1) is 6.58 Å². The van der Waals surface area contributed by atoms with E-state index >= 15 is 0 Å². The summed E-state index contributed by atoms with van der Waals surface area (Å²) in [5.74, 6) is -1.05. The van der Waals surface area contributed by atoms with E-state index in [2.05, 4.69) is 54.3 Å². The fraction of sp³-hybridized carbons (Fsp3) is 0.895. The van der Waals surface area contributed by atoms with Gasteiger partial charge in [-0.05, 0) is 37.4 Å². The molecule has 3 atom stereocenters. The zero-order valence-electron chi connectivity index (χ0n) is 16.9. The van der Waals surface area contributed by atoms with E-state index in [9.17, 15) is 5.11 Å². The second-order valence-electron chi connectivity index (χ2n) is 9.16. The van der Waals surface area contributed by atoms with Crippen molar-refractivity contribution in [2.45, 2.75) is 90.0 Å². The molecule has 0 amide bonds. The van der Waals surface area contributed by atoms with E-state index < -0.39 is 25.6 Å². The summed E-state index contributed by atoms with van der Waals surface area (Å²) in [6.07, 6.45) is 3.46. The maximum absolute atomic E-state index is 10.7. The van der Waals surface area contributed by atoms with Gasteiger partial charge in [0.1, 0.15) is 6.10 Å². The van der Waals surface area contributed by atoms with Crippen molar-refractivity contribution in [3.63, 3.8) is 0 Å². The molecule has 1 aliphatic heterocycles. The van der Waals surface area contributed by atoms with Crippen molar-refractivity contribution in [2.24, 2.45) is 5.41 Å². The third-order valence-electron chi connectivity index (χ3n) is 5.82. The summed E-state index contributed by atoms with van der Waals surface area (Å²) in [7, 11) is -0.268. The molecule has 0 aromatic rings. The van der Waals surface area contributed by atoms with Crippen LogP contribution in [0.25, 0.3) is 0 Å². The Kier molecular flexibility index (Phi) is 6.90. The third kappa shape index (κ3) is 4.30. The molecule has 1 fully saturated rings. The van der Waals surface area contributed by atoms with Gasteiger partial charge in [-0.25, -0.2) is 0 Å². The molecule has 24 heavy (non-hydrogen) atoms. The average Bonchev–Trinajstić information content (AvgIpc) is 2.46. The number of methoxy groups -OCH3 is 1. The van der Waals surface area contributed by atoms with Gasteiger partial charge in [-0.1, -0.05) is 40.7 Å². The highest BCUT2D eigenvalue weighted by molar-refractivity contribution is 6.74. The number of hydrogen-bond donors (Lipinski definition) is 1. The van der Waals surface area contributed by atoms with Gasteiger partial charge in [-0.2, -0.15) is 0 Å². The molecule has 0 bridgehead atoms. The van der Waals surface area contributed by atoms with Crippen molar-refractivity contribution >= 4 is 8.32 Å². The summed E-state index contributed by atoms with van der Waals surface area (Å²) in [5.41, 5.74) is -0.476. The van der Waals surface area contributed by atoms with Gasteiger partial charge in [0.2, 0.25) is 5.79 Å². The first-order chi connectivity index (χ1) is 10.8. The van der Waals surface area contributed by atoms with Crippen LogP contribution in [0.2, 0.25) is 18.1 Å². The van der Waals surface area contributed by atoms with Crippen molar-refractivity contribution < 1.29 is 19.0 Å². The summed E-state index contributed by atoms with van der Waals surface area (Å²) < 4.78 is 18.5. The van der Waals surface area contributed by atoms with E-state index in [1.807, 2.05) is 6.08 Å². The maximum Gasteiger partial charge on any atom is 0.201 e. The molecule has 2 unspecified atom stereocenters. The molecule has 0 aromatic heterocycles. The third-order valence-corrected chi connectivity index (χ3v) is 10.3. The van der Waals surface area contributed by atoms with Gasteiger partial charge in [0, 0.05) is 19.1 Å². The Morgan fingerprint density at radius 2 is 1.83 bits per heavy atom. The van der Waals surface area contributed by atoms with Crippen molar-refractivity contribution in [2.75, 3.05) is 13.7 Å². The van der Waals surface area contributed by atoms with Crippen molar-refractivity contribution in [1.29, 1.82) is 0 Å². The molecule has 0 aliphatic carbocycles. The maximum atomic E-state index is 10.7. The van der Waals surface area contributed by atoms with E-state index in [0.717, 1.165) is 12.8 Å². The zero-order valence-corrected chi connectivity index (χ0v) is 17.9. The topological polar surface area (TPSA) is 47.9 Å². The van der Waals surface area contributed by atoms with E-state index in [0.29, 0.717) is 13.0 Å². The van der Waals surface area contributed by atoms with Crippen molar-refractivity contribution in [3.05, 3.63) is 12.7 Å². The Morgan fingerprint density at radius 1 is 1.25 bits per heavy atom. The van der Waals surface area contributed by atoms with Gasteiger partial charge in [0.15, 0.2) is 8.32 Å². The molecule has 1 rings (SSSR count). The summed E-state index contributed by atoms with van der Waals surface area (Å²) in [6, 6.07) is 0. The van der Waals surface area contributed by atoms with Crippen LogP contribution >= 0.6 is 0 Å². The fourth-order valence-electron chi connectivity index (χ4n) is 3.02. The first kappa shape index (κ1) is 21.8. The molecule has 142 valence electrons. The first-order valence-corrected chi connectivity index (χ1v) is 11.9. The molecule has 1 N–H and O–H groups in total. The van der Waals surface area contributed by atoms with Crippen LogP contribution in [0.15, 0.2) is 12.7 Å². The van der Waals surface area contributed by atoms with Crippen LogP contribution in [-0.4, -0.2) is 45.1 Å². The van der Waals surface area contributed by atoms with Gasteiger partial charge >= 0.3 is 0 Å². The van der Waals surface area contributed by atoms with Crippen LogP contribution in [0.5, 0.6) is 0 Å². The largest absolute Gasteiger partial charge is 0.416 e. The number of aliphatic hydroxyl groups is 1. The minimum atomic E-state index is -1.89. The first-order valence-electron chi connectivity index (χ1n) is 8.99. The summed E-state index contributed by atoms with van der Waals surface area (Å²) in [4.78, 5) is 0. The van der Waals surface area contributed by atoms with Crippen molar-refractivity contribution in [1.82, 2.24) is 0 Å². The Bertz CT molecular complexity index is 428. The lowest BCUT2D eigenvalue weighted by Gasteiger charge is -2.53. The molecular weight excluding hydrogens is 320 g/mol. The molecule has 1 saturated heterocycles. The van der Waals surface area contributed by atoms with E-state index in [-0.39, 0.29) is 11.1 Å². The number of rotatable bonds is 7. The zero-order chi connectivity index (χ0) is 18.8. The van der Waals surface area contributed by atoms with E-state index in [4.69, 9.17) is 13.9 Å². The SMILES string of the molecule is C=CCC1CCC(O)[C@](OC)(C(C)(C)CO[Si](C)(C)C(C)(C)C)O1. The monoisotopic (exact) mass is 358 g/mol. The van der Waals surface area contributed by atoms with Gasteiger partial charge in [-0.3, -0.25) is 0 Å². The van der Waals surface area contributed by atoms with Crippen molar-refractivity contribution in [3.8, 4) is 0 Å². The summed E-state index contributed by atoms with van der Waals surface area (Å²) in [5, 5.41) is 10.8. The smallest absolute Gasteiger partial charge is 0.201 e. The molecule has 0 radical (unpaired) electrons. The lowest BCUT2D eigenvalue weighted by Crippen LogP contribution is -2.63. The van der Waals surface area contributed by atoms with Crippen LogP contribution in [-0.2, 0) is 13.9 Å². The van der Waals surface area contributed by atoms with Gasteiger partial charge in [0.25, 0.3) is 0 Å². The lowest BCUT2D eigenvalue weighted by molar-refractivity contribution is -0.359. The normalized spacial score (nSPS) is 29.5. The van der Waals surface area contributed by atoms with Crippen LogP contribution in [0, 0.1) is 5.41 Å². The van der Waals surface area contributed by atoms with Crippen LogP contribution in [0.1, 0.15) is 53.9 Å². The van der Waals surface area contributed by atoms with Crippen LogP contribution < -0.4 is 0 Å². The molecule has 1 heterocycles. The number of ether oxygens (including phenoxy) is 2. The molecule has 5 heteroatoms. The molecular formula is C19H38O4Si. The Morgan fingerprint density at radius 3 is 2.29 bits per heavy atom. The minimum absolute atomic E-state index is 0.0259. The Hall–Kier alpha value is -0.203. The average molecular weight is 359 g/mol. The van der Waals surface area contributed by atoms with Gasteiger partial charge in [0.05, 0.1) is 6.10 Å². The highest BCUT2D eigenvalue weighted by Gasteiger charge is 2.56. The molecule has 0 saturated carbocycles. The predicted octanol–water partition coefficient (Wildman–Crippen LogP) is 4.49. The summed E-state index contributed by atoms with van der Waals surface area (Å²) >= 11 is 0. The lowest BCUT2D eigenvalue weighted by atomic mass is 9.77. The highest BCUT2D eigenvalue weighted by Crippen LogP contribution is 2.46. The summed E-state index contributed by atoms with van der Waals surface area (Å²) in [6.45, 7) is 19.6. The number of hydrogen-bond acceptors (Lipinski definition) is 4. The Balaban J connectivity index is 3.00. The second-order valence-corrected chi connectivity index (χ2v) is 14.0. The molecule has 0 aromatic carbocycles.